The van der Waals surface area contributed by atoms with Gasteiger partial charge in [0.15, 0.2) is 8.32 Å². The number of rotatable bonds is 4. The third kappa shape index (κ3) is 3.59. The highest BCUT2D eigenvalue weighted by atomic mass is 28.4. The van der Waals surface area contributed by atoms with Gasteiger partial charge in [-0.2, -0.15) is 0 Å². The molecule has 0 spiro atoms. The maximum Gasteiger partial charge on any atom is 0.407 e. The molecule has 1 heterocycles. The van der Waals surface area contributed by atoms with Gasteiger partial charge in [0.25, 0.3) is 0 Å². The number of carbonyl (C=O) groups is 1. The van der Waals surface area contributed by atoms with Crippen molar-refractivity contribution in [3.63, 3.8) is 0 Å². The van der Waals surface area contributed by atoms with Crippen LogP contribution in [0.5, 0.6) is 0 Å². The number of amides is 1. The van der Waals surface area contributed by atoms with E-state index in [2.05, 4.69) is 39.2 Å². The first kappa shape index (κ1) is 15.2. The zero-order chi connectivity index (χ0) is 14.0. The fraction of sp³-hybridized carbons (Fsp3) is 0.769. The highest BCUT2D eigenvalue weighted by Crippen LogP contribution is 2.37. The molecule has 0 saturated carbocycles. The van der Waals surface area contributed by atoms with Crippen LogP contribution in [0, 0.1) is 0 Å². The molecule has 1 amide bonds. The molecular formula is C13H25NO3Si. The topological polar surface area (TPSA) is 47.6 Å². The molecule has 1 N–H and O–H groups in total. The van der Waals surface area contributed by atoms with Crippen molar-refractivity contribution in [3.05, 3.63) is 12.2 Å². The molecule has 1 rings (SSSR count). The number of allylic oxidation sites excluding steroid dienone is 1. The SMILES string of the molecule is C/C=C/[C@@H](O[Si](C)(C)C(C)(C)C)[C@@H]1COC(=O)N1. The molecule has 0 aliphatic carbocycles. The second kappa shape index (κ2) is 5.44. The summed E-state index contributed by atoms with van der Waals surface area (Å²) in [5.41, 5.74) is 0. The molecule has 0 unspecified atom stereocenters. The summed E-state index contributed by atoms with van der Waals surface area (Å²) in [6.07, 6.45) is 3.50. The van der Waals surface area contributed by atoms with Gasteiger partial charge in [0.1, 0.15) is 6.61 Å². The van der Waals surface area contributed by atoms with Crippen molar-refractivity contribution in [2.24, 2.45) is 0 Å². The Labute approximate surface area is 111 Å². The molecule has 1 aliphatic heterocycles. The van der Waals surface area contributed by atoms with Gasteiger partial charge < -0.3 is 14.5 Å². The molecule has 2 atom stereocenters. The van der Waals surface area contributed by atoms with Crippen molar-refractivity contribution in [2.45, 2.75) is 58.0 Å². The molecule has 0 radical (unpaired) electrons. The lowest BCUT2D eigenvalue weighted by Gasteiger charge is -2.39. The van der Waals surface area contributed by atoms with Crippen LogP contribution in [-0.4, -0.2) is 33.2 Å². The lowest BCUT2D eigenvalue weighted by Crippen LogP contribution is -2.49. The van der Waals surface area contributed by atoms with Crippen LogP contribution in [0.3, 0.4) is 0 Å². The van der Waals surface area contributed by atoms with E-state index in [1.54, 1.807) is 0 Å². The van der Waals surface area contributed by atoms with Gasteiger partial charge in [-0.25, -0.2) is 4.79 Å². The highest BCUT2D eigenvalue weighted by molar-refractivity contribution is 6.74. The van der Waals surface area contributed by atoms with Crippen LogP contribution in [0.25, 0.3) is 0 Å². The Hall–Kier alpha value is -0.813. The van der Waals surface area contributed by atoms with Gasteiger partial charge in [0, 0.05) is 0 Å². The van der Waals surface area contributed by atoms with Crippen molar-refractivity contribution in [2.75, 3.05) is 6.61 Å². The van der Waals surface area contributed by atoms with E-state index >= 15 is 0 Å². The third-order valence-corrected chi connectivity index (χ3v) is 8.19. The molecule has 5 heteroatoms. The summed E-state index contributed by atoms with van der Waals surface area (Å²) >= 11 is 0. The number of cyclic esters (lactones) is 1. The number of ether oxygens (including phenoxy) is 1. The molecule has 1 fully saturated rings. The summed E-state index contributed by atoms with van der Waals surface area (Å²) in [6.45, 7) is 13.4. The maximum atomic E-state index is 11.1. The number of carbonyl (C=O) groups excluding carboxylic acids is 1. The van der Waals surface area contributed by atoms with E-state index in [1.807, 2.05) is 19.1 Å². The summed E-state index contributed by atoms with van der Waals surface area (Å²) < 4.78 is 11.3. The van der Waals surface area contributed by atoms with Crippen LogP contribution in [0.4, 0.5) is 4.79 Å². The van der Waals surface area contributed by atoms with Gasteiger partial charge >= 0.3 is 6.09 Å². The van der Waals surface area contributed by atoms with Gasteiger partial charge in [0.2, 0.25) is 0 Å². The fourth-order valence-corrected chi connectivity index (χ4v) is 2.82. The van der Waals surface area contributed by atoms with Crippen molar-refractivity contribution in [1.29, 1.82) is 0 Å². The molecule has 104 valence electrons. The zero-order valence-corrected chi connectivity index (χ0v) is 13.2. The molecule has 18 heavy (non-hydrogen) atoms. The molecule has 0 aromatic carbocycles. The number of hydrogen-bond donors (Lipinski definition) is 1. The molecule has 1 saturated heterocycles. The summed E-state index contributed by atoms with van der Waals surface area (Å²) in [4.78, 5) is 11.1. The van der Waals surface area contributed by atoms with E-state index in [9.17, 15) is 4.79 Å². The van der Waals surface area contributed by atoms with Crippen molar-refractivity contribution >= 4 is 14.4 Å². The van der Waals surface area contributed by atoms with Crippen LogP contribution in [-0.2, 0) is 9.16 Å². The second-order valence-corrected chi connectivity index (χ2v) is 11.0. The quantitative estimate of drug-likeness (QED) is 0.631. The minimum atomic E-state index is -1.85. The fourth-order valence-electron chi connectivity index (χ4n) is 1.54. The van der Waals surface area contributed by atoms with Gasteiger partial charge in [-0.3, -0.25) is 0 Å². The van der Waals surface area contributed by atoms with E-state index < -0.39 is 8.32 Å². The second-order valence-electron chi connectivity index (χ2n) is 6.22. The molecule has 0 bridgehead atoms. The van der Waals surface area contributed by atoms with E-state index in [-0.39, 0.29) is 23.3 Å². The van der Waals surface area contributed by atoms with Crippen molar-refractivity contribution < 1.29 is 14.0 Å². The Bertz CT molecular complexity index is 334. The standard InChI is InChI=1S/C13H25NO3Si/c1-7-8-11(10-9-16-12(15)14-10)17-18(5,6)13(2,3)4/h7-8,10-11H,9H2,1-6H3,(H,14,15)/b8-7+/t10-,11+/m0/s1. The Morgan fingerprint density at radius 1 is 1.50 bits per heavy atom. The predicted octanol–water partition coefficient (Wildman–Crippen LogP) is 3.06. The molecule has 0 aromatic rings. The van der Waals surface area contributed by atoms with Crippen LogP contribution in [0.15, 0.2) is 12.2 Å². The molecular weight excluding hydrogens is 246 g/mol. The first-order chi connectivity index (χ1) is 8.17. The van der Waals surface area contributed by atoms with E-state index in [1.165, 1.54) is 0 Å². The maximum absolute atomic E-state index is 11.1. The smallest absolute Gasteiger partial charge is 0.407 e. The molecule has 0 aromatic heterocycles. The average Bonchev–Trinajstić information content (AvgIpc) is 2.62. The third-order valence-electron chi connectivity index (χ3n) is 3.71. The molecule has 4 nitrogen and oxygen atoms in total. The zero-order valence-electron chi connectivity index (χ0n) is 12.2. The minimum absolute atomic E-state index is 0.0807. The van der Waals surface area contributed by atoms with Crippen molar-refractivity contribution in [1.82, 2.24) is 5.32 Å². The Kier molecular flexibility index (Phi) is 4.61. The Morgan fingerprint density at radius 3 is 2.50 bits per heavy atom. The van der Waals surface area contributed by atoms with Crippen LogP contribution in [0.2, 0.25) is 18.1 Å². The first-order valence-electron chi connectivity index (χ1n) is 6.41. The molecule has 1 aliphatic rings. The highest BCUT2D eigenvalue weighted by Gasteiger charge is 2.41. The van der Waals surface area contributed by atoms with Crippen LogP contribution in [0.1, 0.15) is 27.7 Å². The van der Waals surface area contributed by atoms with E-state index in [0.717, 1.165) is 0 Å². The summed E-state index contributed by atoms with van der Waals surface area (Å²) in [5.74, 6) is 0. The number of alkyl carbamates (subject to hydrolysis) is 1. The summed E-state index contributed by atoms with van der Waals surface area (Å²) in [6, 6.07) is -0.0807. The largest absolute Gasteiger partial charge is 0.447 e. The van der Waals surface area contributed by atoms with Crippen LogP contribution >= 0.6 is 0 Å². The Morgan fingerprint density at radius 2 is 2.11 bits per heavy atom. The average molecular weight is 271 g/mol. The number of nitrogens with one attached hydrogen (secondary N) is 1. The first-order valence-corrected chi connectivity index (χ1v) is 9.32. The Balaban J connectivity index is 2.78. The minimum Gasteiger partial charge on any atom is -0.447 e. The van der Waals surface area contributed by atoms with Gasteiger partial charge in [-0.15, -0.1) is 0 Å². The lowest BCUT2D eigenvalue weighted by molar-refractivity contribution is 0.160. The normalized spacial score (nSPS) is 23.0. The van der Waals surface area contributed by atoms with Gasteiger partial charge in [-0.05, 0) is 25.1 Å². The van der Waals surface area contributed by atoms with Gasteiger partial charge in [0.05, 0.1) is 12.1 Å². The predicted molar refractivity (Wildman–Crippen MR) is 75.2 cm³/mol. The van der Waals surface area contributed by atoms with E-state index in [4.69, 9.17) is 9.16 Å². The summed E-state index contributed by atoms with van der Waals surface area (Å²) in [7, 11) is -1.85. The van der Waals surface area contributed by atoms with Crippen LogP contribution < -0.4 is 5.32 Å². The summed E-state index contributed by atoms with van der Waals surface area (Å²) in [5, 5.41) is 2.95. The van der Waals surface area contributed by atoms with Gasteiger partial charge in [-0.1, -0.05) is 32.9 Å². The van der Waals surface area contributed by atoms with Crippen molar-refractivity contribution in [3.8, 4) is 0 Å². The lowest BCUT2D eigenvalue weighted by atomic mass is 10.2. The number of hydrogen-bond acceptors (Lipinski definition) is 3. The monoisotopic (exact) mass is 271 g/mol. The van der Waals surface area contributed by atoms with E-state index in [0.29, 0.717) is 6.61 Å².